The molecule has 0 unspecified atom stereocenters. The predicted molar refractivity (Wildman–Crippen MR) is 76.9 cm³/mol. The molecule has 2 nitrogen and oxygen atoms in total. The summed E-state index contributed by atoms with van der Waals surface area (Å²) in [5.41, 5.74) is 0.995. The molecule has 4 heteroatoms. The minimum Gasteiger partial charge on any atom is -0.366 e. The Morgan fingerprint density at radius 2 is 1.81 bits per heavy atom. The first-order valence-electron chi connectivity index (χ1n) is 4.87. The van der Waals surface area contributed by atoms with Crippen LogP contribution in [0, 0.1) is 0 Å². The van der Waals surface area contributed by atoms with Crippen molar-refractivity contribution < 1.29 is 0 Å². The molecule has 2 rings (SSSR count). The smallest absolute Gasteiger partial charge is 0.170 e. The van der Waals surface area contributed by atoms with Crippen LogP contribution in [-0.2, 0) is 0 Å². The summed E-state index contributed by atoms with van der Waals surface area (Å²) in [5, 5.41) is 9.00. The molecular formula is C12H11BrN2S. The van der Waals surface area contributed by atoms with Crippen molar-refractivity contribution in [1.82, 2.24) is 5.32 Å². The average molecular weight is 295 g/mol. The number of hydrogen-bond acceptors (Lipinski definition) is 1. The molecule has 0 spiro atoms. The van der Waals surface area contributed by atoms with Gasteiger partial charge in [-0.15, -0.1) is 0 Å². The Hall–Kier alpha value is -1.13. The van der Waals surface area contributed by atoms with Gasteiger partial charge in [-0.2, -0.15) is 0 Å². The Bertz CT molecular complexity index is 540. The van der Waals surface area contributed by atoms with E-state index in [2.05, 4.69) is 50.8 Å². The van der Waals surface area contributed by atoms with Gasteiger partial charge in [-0.05, 0) is 47.3 Å². The number of anilines is 1. The standard InChI is InChI=1S/C12H11BrN2S/c1-14-12(16)15-11-5-3-8-6-10(13)4-2-9(8)7-11/h2-7H,1H3,(H2,14,15,16). The van der Waals surface area contributed by atoms with Crippen LogP contribution in [0.4, 0.5) is 5.69 Å². The van der Waals surface area contributed by atoms with Gasteiger partial charge in [-0.3, -0.25) is 0 Å². The van der Waals surface area contributed by atoms with Gasteiger partial charge in [0.05, 0.1) is 0 Å². The summed E-state index contributed by atoms with van der Waals surface area (Å²) in [6.45, 7) is 0. The molecule has 0 atom stereocenters. The molecule has 0 heterocycles. The number of rotatable bonds is 1. The van der Waals surface area contributed by atoms with Crippen molar-refractivity contribution in [2.45, 2.75) is 0 Å². The molecule has 0 saturated heterocycles. The van der Waals surface area contributed by atoms with Gasteiger partial charge in [0.25, 0.3) is 0 Å². The van der Waals surface area contributed by atoms with E-state index in [1.807, 2.05) is 12.1 Å². The van der Waals surface area contributed by atoms with Crippen LogP contribution >= 0.6 is 28.1 Å². The summed E-state index contributed by atoms with van der Waals surface area (Å²) < 4.78 is 1.09. The maximum Gasteiger partial charge on any atom is 0.170 e. The fourth-order valence-electron chi connectivity index (χ4n) is 1.49. The Labute approximate surface area is 108 Å². The lowest BCUT2D eigenvalue weighted by molar-refractivity contribution is 1.20. The highest BCUT2D eigenvalue weighted by atomic mass is 79.9. The Kier molecular flexibility index (Phi) is 3.41. The number of benzene rings is 2. The van der Waals surface area contributed by atoms with Gasteiger partial charge in [-0.25, -0.2) is 0 Å². The molecule has 2 N–H and O–H groups in total. The monoisotopic (exact) mass is 294 g/mol. The zero-order chi connectivity index (χ0) is 11.5. The molecular weight excluding hydrogens is 284 g/mol. The maximum absolute atomic E-state index is 5.05. The van der Waals surface area contributed by atoms with Crippen LogP contribution in [0.25, 0.3) is 10.8 Å². The van der Waals surface area contributed by atoms with E-state index in [1.54, 1.807) is 7.05 Å². The van der Waals surface area contributed by atoms with E-state index < -0.39 is 0 Å². The molecule has 0 aliphatic rings. The molecule has 0 aliphatic carbocycles. The molecule has 16 heavy (non-hydrogen) atoms. The van der Waals surface area contributed by atoms with Crippen LogP contribution < -0.4 is 10.6 Å². The van der Waals surface area contributed by atoms with E-state index in [0.29, 0.717) is 5.11 Å². The predicted octanol–water partition coefficient (Wildman–Crippen LogP) is 3.52. The summed E-state index contributed by atoms with van der Waals surface area (Å²) in [6, 6.07) is 12.4. The van der Waals surface area contributed by atoms with Crippen LogP contribution in [0.5, 0.6) is 0 Å². The molecule has 0 radical (unpaired) electrons. The average Bonchev–Trinajstić information content (AvgIpc) is 2.29. The van der Waals surface area contributed by atoms with E-state index in [4.69, 9.17) is 12.2 Å². The largest absolute Gasteiger partial charge is 0.366 e. The van der Waals surface area contributed by atoms with Gasteiger partial charge in [0.2, 0.25) is 0 Å². The molecule has 0 fully saturated rings. The number of thiocarbonyl (C=S) groups is 1. The number of fused-ring (bicyclic) bond motifs is 1. The zero-order valence-electron chi connectivity index (χ0n) is 8.75. The minimum atomic E-state index is 0.622. The van der Waals surface area contributed by atoms with E-state index in [1.165, 1.54) is 10.8 Å². The Morgan fingerprint density at radius 1 is 1.12 bits per heavy atom. The van der Waals surface area contributed by atoms with Gasteiger partial charge in [0.15, 0.2) is 5.11 Å². The quantitative estimate of drug-likeness (QED) is 0.787. The van der Waals surface area contributed by atoms with Crippen molar-refractivity contribution in [2.75, 3.05) is 12.4 Å². The van der Waals surface area contributed by atoms with Crippen LogP contribution in [-0.4, -0.2) is 12.2 Å². The summed E-state index contributed by atoms with van der Waals surface area (Å²) in [6.07, 6.45) is 0. The third-order valence-electron chi connectivity index (χ3n) is 2.29. The first kappa shape index (κ1) is 11.4. The lowest BCUT2D eigenvalue weighted by Gasteiger charge is -2.08. The van der Waals surface area contributed by atoms with E-state index in [0.717, 1.165) is 10.2 Å². The summed E-state index contributed by atoms with van der Waals surface area (Å²) in [4.78, 5) is 0. The maximum atomic E-state index is 5.05. The Morgan fingerprint density at radius 3 is 2.56 bits per heavy atom. The minimum absolute atomic E-state index is 0.622. The van der Waals surface area contributed by atoms with Crippen molar-refractivity contribution in [1.29, 1.82) is 0 Å². The van der Waals surface area contributed by atoms with Crippen LogP contribution in [0.2, 0.25) is 0 Å². The number of halogens is 1. The lowest BCUT2D eigenvalue weighted by atomic mass is 10.1. The van der Waals surface area contributed by atoms with Crippen molar-refractivity contribution in [3.8, 4) is 0 Å². The first-order valence-corrected chi connectivity index (χ1v) is 6.07. The van der Waals surface area contributed by atoms with Crippen molar-refractivity contribution in [3.63, 3.8) is 0 Å². The van der Waals surface area contributed by atoms with E-state index >= 15 is 0 Å². The summed E-state index contributed by atoms with van der Waals surface area (Å²) in [5.74, 6) is 0. The van der Waals surface area contributed by atoms with Gasteiger partial charge in [-0.1, -0.05) is 28.1 Å². The highest BCUT2D eigenvalue weighted by Crippen LogP contribution is 2.22. The Balaban J connectivity index is 2.37. The van der Waals surface area contributed by atoms with Gasteiger partial charge < -0.3 is 10.6 Å². The highest BCUT2D eigenvalue weighted by molar-refractivity contribution is 9.10. The fraction of sp³-hybridized carbons (Fsp3) is 0.0833. The van der Waals surface area contributed by atoms with Crippen LogP contribution in [0.15, 0.2) is 40.9 Å². The second-order valence-corrected chi connectivity index (χ2v) is 4.73. The summed E-state index contributed by atoms with van der Waals surface area (Å²) in [7, 11) is 1.80. The number of nitrogens with one attached hydrogen (secondary N) is 2. The van der Waals surface area contributed by atoms with E-state index in [9.17, 15) is 0 Å². The normalized spacial score (nSPS) is 10.1. The molecule has 0 aliphatic heterocycles. The molecule has 2 aromatic rings. The van der Waals surface area contributed by atoms with Crippen molar-refractivity contribution in [3.05, 3.63) is 40.9 Å². The molecule has 0 saturated carbocycles. The van der Waals surface area contributed by atoms with Crippen molar-refractivity contribution >= 4 is 49.7 Å². The fourth-order valence-corrected chi connectivity index (χ4v) is 1.98. The third-order valence-corrected chi connectivity index (χ3v) is 3.09. The zero-order valence-corrected chi connectivity index (χ0v) is 11.2. The molecule has 0 amide bonds. The van der Waals surface area contributed by atoms with Gasteiger partial charge in [0.1, 0.15) is 0 Å². The molecule has 82 valence electrons. The third kappa shape index (κ3) is 2.51. The molecule has 0 aromatic heterocycles. The lowest BCUT2D eigenvalue weighted by Crippen LogP contribution is -2.23. The van der Waals surface area contributed by atoms with Gasteiger partial charge in [0, 0.05) is 17.2 Å². The SMILES string of the molecule is CNC(=S)Nc1ccc2cc(Br)ccc2c1. The highest BCUT2D eigenvalue weighted by Gasteiger charge is 1.98. The van der Waals surface area contributed by atoms with Crippen LogP contribution in [0.3, 0.4) is 0 Å². The summed E-state index contributed by atoms with van der Waals surface area (Å²) >= 11 is 8.51. The van der Waals surface area contributed by atoms with E-state index in [-0.39, 0.29) is 0 Å². The topological polar surface area (TPSA) is 24.1 Å². The van der Waals surface area contributed by atoms with Crippen molar-refractivity contribution in [2.24, 2.45) is 0 Å². The number of hydrogen-bond donors (Lipinski definition) is 2. The second-order valence-electron chi connectivity index (χ2n) is 3.41. The van der Waals surface area contributed by atoms with Crippen LogP contribution in [0.1, 0.15) is 0 Å². The van der Waals surface area contributed by atoms with Gasteiger partial charge >= 0.3 is 0 Å². The molecule has 0 bridgehead atoms. The second kappa shape index (κ2) is 4.80. The first-order chi connectivity index (χ1) is 7.69. The molecule has 2 aromatic carbocycles.